The lowest BCUT2D eigenvalue weighted by Gasteiger charge is -2.33. The Morgan fingerprint density at radius 1 is 1.06 bits per heavy atom. The summed E-state index contributed by atoms with van der Waals surface area (Å²) in [5.41, 5.74) is -0.789. The number of hydrogen-bond donors (Lipinski definition) is 1. The Morgan fingerprint density at radius 3 is 2.29 bits per heavy atom. The van der Waals surface area contributed by atoms with Crippen molar-refractivity contribution in [1.82, 2.24) is 9.21 Å². The zero-order valence-corrected chi connectivity index (χ0v) is 17.5. The van der Waals surface area contributed by atoms with Crippen molar-refractivity contribution < 1.29 is 31.1 Å². The van der Waals surface area contributed by atoms with Crippen molar-refractivity contribution in [2.24, 2.45) is 0 Å². The van der Waals surface area contributed by atoms with E-state index in [0.29, 0.717) is 18.8 Å². The minimum atomic E-state index is -4.49. The molecule has 0 atom stereocenters. The van der Waals surface area contributed by atoms with Crippen molar-refractivity contribution in [2.75, 3.05) is 45.2 Å². The Bertz CT molecular complexity index is 1020. The number of methoxy groups -OCH3 is 1. The van der Waals surface area contributed by atoms with Crippen LogP contribution in [-0.4, -0.2) is 63.4 Å². The SMILES string of the molecule is COc1ccc(S(=O)(=O)N2CCN(CC(=O)Nc3cccc(C(F)(F)F)c3)CC2)cc1. The normalized spacial score (nSPS) is 16.1. The van der Waals surface area contributed by atoms with Crippen LogP contribution in [0, 0.1) is 0 Å². The third kappa shape index (κ3) is 5.75. The molecule has 0 bridgehead atoms. The molecule has 1 aliphatic heterocycles. The van der Waals surface area contributed by atoms with Gasteiger partial charge in [-0.1, -0.05) is 6.07 Å². The number of halogens is 3. The van der Waals surface area contributed by atoms with Gasteiger partial charge >= 0.3 is 6.18 Å². The Balaban J connectivity index is 1.54. The zero-order chi connectivity index (χ0) is 22.6. The van der Waals surface area contributed by atoms with Crippen LogP contribution in [-0.2, 0) is 21.0 Å². The van der Waals surface area contributed by atoms with Gasteiger partial charge in [0.25, 0.3) is 0 Å². The Labute approximate surface area is 178 Å². The van der Waals surface area contributed by atoms with Crippen LogP contribution < -0.4 is 10.1 Å². The second-order valence-electron chi connectivity index (χ2n) is 6.98. The second-order valence-corrected chi connectivity index (χ2v) is 8.92. The van der Waals surface area contributed by atoms with E-state index >= 15 is 0 Å². The average Bonchev–Trinajstić information content (AvgIpc) is 2.73. The third-order valence-corrected chi connectivity index (χ3v) is 6.78. The number of anilines is 1. The summed E-state index contributed by atoms with van der Waals surface area (Å²) in [7, 11) is -2.17. The Morgan fingerprint density at radius 2 is 1.71 bits per heavy atom. The lowest BCUT2D eigenvalue weighted by molar-refractivity contribution is -0.137. The van der Waals surface area contributed by atoms with Crippen LogP contribution in [0.5, 0.6) is 5.75 Å². The Kier molecular flexibility index (Phi) is 6.87. The van der Waals surface area contributed by atoms with E-state index in [0.717, 1.165) is 12.1 Å². The van der Waals surface area contributed by atoms with E-state index in [1.807, 2.05) is 0 Å². The molecule has 0 spiro atoms. The van der Waals surface area contributed by atoms with Crippen LogP contribution in [0.2, 0.25) is 0 Å². The number of carbonyl (C=O) groups is 1. The molecule has 168 valence electrons. The van der Waals surface area contributed by atoms with Gasteiger partial charge in [0.15, 0.2) is 0 Å². The molecule has 2 aromatic rings. The summed E-state index contributed by atoms with van der Waals surface area (Å²) in [5.74, 6) is 0.0846. The van der Waals surface area contributed by atoms with Gasteiger partial charge in [-0.25, -0.2) is 8.42 Å². The molecule has 11 heteroatoms. The molecular weight excluding hydrogens is 435 g/mol. The molecule has 2 aromatic carbocycles. The smallest absolute Gasteiger partial charge is 0.416 e. The molecule has 0 aromatic heterocycles. The van der Waals surface area contributed by atoms with E-state index < -0.39 is 27.7 Å². The summed E-state index contributed by atoms with van der Waals surface area (Å²) < 4.78 is 70.3. The molecule has 0 aliphatic carbocycles. The molecule has 7 nitrogen and oxygen atoms in total. The summed E-state index contributed by atoms with van der Waals surface area (Å²) in [6.07, 6.45) is -4.49. The summed E-state index contributed by atoms with van der Waals surface area (Å²) in [4.78, 5) is 14.1. The van der Waals surface area contributed by atoms with Crippen molar-refractivity contribution in [2.45, 2.75) is 11.1 Å². The first-order valence-corrected chi connectivity index (χ1v) is 10.9. The monoisotopic (exact) mass is 457 g/mol. The number of alkyl halides is 3. The number of piperazine rings is 1. The summed E-state index contributed by atoms with van der Waals surface area (Å²) >= 11 is 0. The van der Waals surface area contributed by atoms with Gasteiger partial charge in [-0.2, -0.15) is 17.5 Å². The van der Waals surface area contributed by atoms with E-state index in [-0.39, 0.29) is 30.2 Å². The zero-order valence-electron chi connectivity index (χ0n) is 16.7. The van der Waals surface area contributed by atoms with E-state index in [2.05, 4.69) is 5.32 Å². The topological polar surface area (TPSA) is 79.0 Å². The lowest BCUT2D eigenvalue weighted by atomic mass is 10.2. The van der Waals surface area contributed by atoms with Gasteiger partial charge in [0.1, 0.15) is 5.75 Å². The van der Waals surface area contributed by atoms with Crippen LogP contribution in [0.3, 0.4) is 0 Å². The fraction of sp³-hybridized carbons (Fsp3) is 0.350. The second kappa shape index (κ2) is 9.25. The molecule has 1 aliphatic rings. The van der Waals surface area contributed by atoms with Crippen LogP contribution in [0.4, 0.5) is 18.9 Å². The predicted octanol–water partition coefficient (Wildman–Crippen LogP) is 2.66. The van der Waals surface area contributed by atoms with Gasteiger partial charge in [0.2, 0.25) is 15.9 Å². The quantitative estimate of drug-likeness (QED) is 0.722. The molecule has 1 N–H and O–H groups in total. The van der Waals surface area contributed by atoms with Crippen LogP contribution in [0.25, 0.3) is 0 Å². The van der Waals surface area contributed by atoms with Gasteiger partial charge in [-0.15, -0.1) is 0 Å². The van der Waals surface area contributed by atoms with Crippen molar-refractivity contribution in [3.63, 3.8) is 0 Å². The fourth-order valence-corrected chi connectivity index (χ4v) is 4.62. The van der Waals surface area contributed by atoms with Gasteiger partial charge in [0, 0.05) is 31.9 Å². The minimum absolute atomic E-state index is 0.0489. The van der Waals surface area contributed by atoms with Crippen molar-refractivity contribution in [3.05, 3.63) is 54.1 Å². The largest absolute Gasteiger partial charge is 0.497 e. The summed E-state index contributed by atoms with van der Waals surface area (Å²) in [5, 5.41) is 2.46. The van der Waals surface area contributed by atoms with Crippen molar-refractivity contribution in [3.8, 4) is 5.75 Å². The first-order chi connectivity index (χ1) is 14.6. The summed E-state index contributed by atoms with van der Waals surface area (Å²) in [6, 6.07) is 10.5. The number of carbonyl (C=O) groups excluding carboxylic acids is 1. The van der Waals surface area contributed by atoms with Gasteiger partial charge in [0.05, 0.1) is 24.1 Å². The minimum Gasteiger partial charge on any atom is -0.497 e. The number of nitrogens with zero attached hydrogens (tertiary/aromatic N) is 2. The maximum absolute atomic E-state index is 12.8. The first-order valence-electron chi connectivity index (χ1n) is 9.43. The molecule has 0 unspecified atom stereocenters. The van der Waals surface area contributed by atoms with E-state index in [1.165, 1.54) is 35.7 Å². The van der Waals surface area contributed by atoms with Gasteiger partial charge in [-0.3, -0.25) is 9.69 Å². The number of amides is 1. The number of hydrogen-bond acceptors (Lipinski definition) is 5. The number of benzene rings is 2. The molecule has 1 fully saturated rings. The van der Waals surface area contributed by atoms with Gasteiger partial charge in [-0.05, 0) is 42.5 Å². The highest BCUT2D eigenvalue weighted by Gasteiger charge is 2.31. The summed E-state index contributed by atoms with van der Waals surface area (Å²) in [6.45, 7) is 1.000. The molecular formula is C20H22F3N3O4S. The van der Waals surface area contributed by atoms with E-state index in [9.17, 15) is 26.4 Å². The highest BCUT2D eigenvalue weighted by Crippen LogP contribution is 2.30. The molecule has 1 saturated heterocycles. The predicted molar refractivity (Wildman–Crippen MR) is 108 cm³/mol. The van der Waals surface area contributed by atoms with Crippen LogP contribution >= 0.6 is 0 Å². The highest BCUT2D eigenvalue weighted by molar-refractivity contribution is 7.89. The number of ether oxygens (including phenoxy) is 1. The van der Waals surface area contributed by atoms with Gasteiger partial charge < -0.3 is 10.1 Å². The lowest BCUT2D eigenvalue weighted by Crippen LogP contribution is -2.50. The standard InChI is InChI=1S/C20H22F3N3O4S/c1-30-17-5-7-18(8-6-17)31(28,29)26-11-9-25(10-12-26)14-19(27)24-16-4-2-3-15(13-16)20(21,22)23/h2-8,13H,9-12,14H2,1H3,(H,24,27). The van der Waals surface area contributed by atoms with Crippen LogP contribution in [0.15, 0.2) is 53.4 Å². The number of nitrogens with one attached hydrogen (secondary N) is 1. The highest BCUT2D eigenvalue weighted by atomic mass is 32.2. The number of rotatable bonds is 6. The third-order valence-electron chi connectivity index (χ3n) is 4.87. The molecule has 3 rings (SSSR count). The maximum Gasteiger partial charge on any atom is 0.416 e. The number of sulfonamides is 1. The molecule has 1 amide bonds. The molecule has 31 heavy (non-hydrogen) atoms. The molecule has 1 heterocycles. The van der Waals surface area contributed by atoms with Crippen molar-refractivity contribution in [1.29, 1.82) is 0 Å². The van der Waals surface area contributed by atoms with Crippen molar-refractivity contribution >= 4 is 21.6 Å². The molecule has 0 radical (unpaired) electrons. The molecule has 0 saturated carbocycles. The van der Waals surface area contributed by atoms with E-state index in [1.54, 1.807) is 17.0 Å². The fourth-order valence-electron chi connectivity index (χ4n) is 3.20. The Hall–Kier alpha value is -2.63. The van der Waals surface area contributed by atoms with E-state index in [4.69, 9.17) is 4.74 Å². The average molecular weight is 457 g/mol. The maximum atomic E-state index is 12.8. The first kappa shape index (κ1) is 23.0. The van der Waals surface area contributed by atoms with Crippen LogP contribution in [0.1, 0.15) is 5.56 Å².